The van der Waals surface area contributed by atoms with Crippen molar-refractivity contribution in [3.05, 3.63) is 53.6 Å². The van der Waals surface area contributed by atoms with Crippen molar-refractivity contribution in [2.75, 3.05) is 31.1 Å². The van der Waals surface area contributed by atoms with Gasteiger partial charge in [-0.05, 0) is 63.3 Å². The highest BCUT2D eigenvalue weighted by Crippen LogP contribution is 2.31. The first-order chi connectivity index (χ1) is 14.3. The second-order valence-electron chi connectivity index (χ2n) is 7.51. The van der Waals surface area contributed by atoms with Crippen LogP contribution >= 0.6 is 22.9 Å². The third-order valence-corrected chi connectivity index (χ3v) is 6.31. The van der Waals surface area contributed by atoms with Gasteiger partial charge < -0.3 is 9.64 Å². The maximum Gasteiger partial charge on any atom is 0.272 e. The molecule has 160 valence electrons. The largest absolute Gasteiger partial charge is 0.478 e. The summed E-state index contributed by atoms with van der Waals surface area (Å²) in [6.07, 6.45) is 0. The van der Waals surface area contributed by atoms with Crippen molar-refractivity contribution in [1.29, 1.82) is 0 Å². The standard InChI is InChI=1S/C23H28ClN3O2S/c1-5-26(6-2)15-16-27(22-25-19-9-7-8-10-20(19)30-22)21(28)23(3,4)29-18-13-11-17(24)12-14-18/h7-14H,5-6,15-16H2,1-4H3. The first-order valence-corrected chi connectivity index (χ1v) is 11.4. The third-order valence-electron chi connectivity index (χ3n) is 4.99. The summed E-state index contributed by atoms with van der Waals surface area (Å²) in [7, 11) is 0. The number of fused-ring (bicyclic) bond motifs is 1. The molecule has 0 aliphatic carbocycles. The molecule has 3 aromatic rings. The van der Waals surface area contributed by atoms with E-state index in [0.29, 0.717) is 22.4 Å². The van der Waals surface area contributed by atoms with E-state index in [9.17, 15) is 4.79 Å². The molecular weight excluding hydrogens is 418 g/mol. The number of hydrogen-bond acceptors (Lipinski definition) is 5. The van der Waals surface area contributed by atoms with Crippen LogP contribution in [-0.4, -0.2) is 47.6 Å². The molecule has 1 heterocycles. The van der Waals surface area contributed by atoms with Crippen LogP contribution in [0.25, 0.3) is 10.2 Å². The van der Waals surface area contributed by atoms with Gasteiger partial charge in [0.1, 0.15) is 5.75 Å². The molecule has 0 fully saturated rings. The van der Waals surface area contributed by atoms with Gasteiger partial charge in [-0.15, -0.1) is 0 Å². The summed E-state index contributed by atoms with van der Waals surface area (Å²) in [6.45, 7) is 11.0. The molecule has 0 aliphatic rings. The first-order valence-electron chi connectivity index (χ1n) is 10.2. The van der Waals surface area contributed by atoms with Gasteiger partial charge in [-0.3, -0.25) is 9.69 Å². The predicted molar refractivity (Wildman–Crippen MR) is 126 cm³/mol. The highest BCUT2D eigenvalue weighted by Gasteiger charge is 2.36. The molecule has 0 radical (unpaired) electrons. The quantitative estimate of drug-likeness (QED) is 0.437. The zero-order valence-corrected chi connectivity index (χ0v) is 19.5. The molecule has 0 atom stereocenters. The highest BCUT2D eigenvalue weighted by molar-refractivity contribution is 7.22. The smallest absolute Gasteiger partial charge is 0.272 e. The van der Waals surface area contributed by atoms with Crippen LogP contribution in [0.5, 0.6) is 5.75 Å². The molecule has 1 aromatic heterocycles. The zero-order valence-electron chi connectivity index (χ0n) is 17.9. The minimum atomic E-state index is -1.06. The van der Waals surface area contributed by atoms with Crippen LogP contribution in [0.2, 0.25) is 5.02 Å². The number of para-hydroxylation sites is 1. The molecule has 0 saturated carbocycles. The Kier molecular flexibility index (Phi) is 7.34. The van der Waals surface area contributed by atoms with Gasteiger partial charge in [0.15, 0.2) is 10.7 Å². The number of carbonyl (C=O) groups excluding carboxylic acids is 1. The van der Waals surface area contributed by atoms with Gasteiger partial charge in [0.05, 0.1) is 10.2 Å². The molecule has 0 unspecified atom stereocenters. The molecule has 2 aromatic carbocycles. The van der Waals surface area contributed by atoms with E-state index in [-0.39, 0.29) is 5.91 Å². The zero-order chi connectivity index (χ0) is 21.7. The Morgan fingerprint density at radius 1 is 1.07 bits per heavy atom. The number of ether oxygens (including phenoxy) is 1. The number of anilines is 1. The molecule has 7 heteroatoms. The van der Waals surface area contributed by atoms with E-state index < -0.39 is 5.60 Å². The second-order valence-corrected chi connectivity index (χ2v) is 8.96. The lowest BCUT2D eigenvalue weighted by molar-refractivity contribution is -0.131. The van der Waals surface area contributed by atoms with Crippen LogP contribution in [0.3, 0.4) is 0 Å². The molecule has 1 amide bonds. The fourth-order valence-electron chi connectivity index (χ4n) is 3.21. The third kappa shape index (κ3) is 5.31. The van der Waals surface area contributed by atoms with E-state index in [1.54, 1.807) is 43.0 Å². The Balaban J connectivity index is 1.88. The van der Waals surface area contributed by atoms with Crippen LogP contribution in [0.4, 0.5) is 5.13 Å². The maximum atomic E-state index is 13.6. The van der Waals surface area contributed by atoms with Crippen molar-refractivity contribution in [3.63, 3.8) is 0 Å². The Hall–Kier alpha value is -2.15. The summed E-state index contributed by atoms with van der Waals surface area (Å²) in [5.41, 5.74) is -0.163. The van der Waals surface area contributed by atoms with Crippen molar-refractivity contribution in [2.45, 2.75) is 33.3 Å². The Labute approximate surface area is 187 Å². The number of halogens is 1. The van der Waals surface area contributed by atoms with Gasteiger partial charge in [-0.1, -0.05) is 48.9 Å². The normalized spacial score (nSPS) is 11.8. The van der Waals surface area contributed by atoms with E-state index in [0.717, 1.165) is 29.9 Å². The molecular formula is C23H28ClN3O2S. The van der Waals surface area contributed by atoms with Gasteiger partial charge in [-0.2, -0.15) is 0 Å². The average molecular weight is 446 g/mol. The molecule has 0 bridgehead atoms. The number of carbonyl (C=O) groups is 1. The van der Waals surface area contributed by atoms with E-state index in [1.165, 1.54) is 11.3 Å². The molecule has 5 nitrogen and oxygen atoms in total. The predicted octanol–water partition coefficient (Wildman–Crippen LogP) is 5.48. The average Bonchev–Trinajstić information content (AvgIpc) is 3.16. The lowest BCUT2D eigenvalue weighted by Crippen LogP contribution is -2.51. The lowest BCUT2D eigenvalue weighted by Gasteiger charge is -2.32. The van der Waals surface area contributed by atoms with Crippen molar-refractivity contribution in [3.8, 4) is 5.75 Å². The summed E-state index contributed by atoms with van der Waals surface area (Å²) in [6, 6.07) is 15.0. The molecule has 0 saturated heterocycles. The monoisotopic (exact) mass is 445 g/mol. The van der Waals surface area contributed by atoms with E-state index >= 15 is 0 Å². The van der Waals surface area contributed by atoms with Crippen molar-refractivity contribution in [1.82, 2.24) is 9.88 Å². The Morgan fingerprint density at radius 2 is 1.73 bits per heavy atom. The molecule has 3 rings (SSSR count). The fourth-order valence-corrected chi connectivity index (χ4v) is 4.32. The van der Waals surface area contributed by atoms with Gasteiger partial charge in [0.2, 0.25) is 0 Å². The molecule has 0 N–H and O–H groups in total. The van der Waals surface area contributed by atoms with Gasteiger partial charge in [0, 0.05) is 18.1 Å². The molecule has 0 aliphatic heterocycles. The highest BCUT2D eigenvalue weighted by atomic mass is 35.5. The van der Waals surface area contributed by atoms with Gasteiger partial charge in [0.25, 0.3) is 5.91 Å². The number of nitrogens with zero attached hydrogens (tertiary/aromatic N) is 3. The van der Waals surface area contributed by atoms with Crippen LogP contribution in [0, 0.1) is 0 Å². The minimum Gasteiger partial charge on any atom is -0.478 e. The van der Waals surface area contributed by atoms with Crippen molar-refractivity contribution >= 4 is 44.2 Å². The van der Waals surface area contributed by atoms with Crippen molar-refractivity contribution < 1.29 is 9.53 Å². The minimum absolute atomic E-state index is 0.122. The number of benzene rings is 2. The fraction of sp³-hybridized carbons (Fsp3) is 0.391. The number of likely N-dealkylation sites (N-methyl/N-ethyl adjacent to an activating group) is 1. The SMILES string of the molecule is CCN(CC)CCN(C(=O)C(C)(C)Oc1ccc(Cl)cc1)c1nc2ccccc2s1. The Morgan fingerprint density at radius 3 is 2.37 bits per heavy atom. The van der Waals surface area contributed by atoms with E-state index in [4.69, 9.17) is 21.3 Å². The summed E-state index contributed by atoms with van der Waals surface area (Å²) in [5, 5.41) is 1.32. The lowest BCUT2D eigenvalue weighted by atomic mass is 10.1. The molecule has 30 heavy (non-hydrogen) atoms. The summed E-state index contributed by atoms with van der Waals surface area (Å²) < 4.78 is 7.13. The summed E-state index contributed by atoms with van der Waals surface area (Å²) in [5.74, 6) is 0.481. The van der Waals surface area contributed by atoms with Crippen LogP contribution in [0.15, 0.2) is 48.5 Å². The first kappa shape index (κ1) is 22.5. The number of thiazole rings is 1. The van der Waals surface area contributed by atoms with Crippen molar-refractivity contribution in [2.24, 2.45) is 0 Å². The van der Waals surface area contributed by atoms with E-state index in [2.05, 4.69) is 18.7 Å². The number of amides is 1. The van der Waals surface area contributed by atoms with Crippen LogP contribution < -0.4 is 9.64 Å². The van der Waals surface area contributed by atoms with Gasteiger partial charge in [-0.25, -0.2) is 4.98 Å². The maximum absolute atomic E-state index is 13.6. The van der Waals surface area contributed by atoms with E-state index in [1.807, 2.05) is 24.3 Å². The summed E-state index contributed by atoms with van der Waals surface area (Å²) in [4.78, 5) is 22.4. The number of rotatable bonds is 9. The topological polar surface area (TPSA) is 45.7 Å². The number of hydrogen-bond donors (Lipinski definition) is 0. The van der Waals surface area contributed by atoms with Gasteiger partial charge >= 0.3 is 0 Å². The van der Waals surface area contributed by atoms with Crippen LogP contribution in [0.1, 0.15) is 27.7 Å². The van der Waals surface area contributed by atoms with Crippen LogP contribution in [-0.2, 0) is 4.79 Å². The number of aromatic nitrogens is 1. The summed E-state index contributed by atoms with van der Waals surface area (Å²) >= 11 is 7.50. The second kappa shape index (κ2) is 9.77. The Bertz CT molecular complexity index is 951. The molecule has 0 spiro atoms.